The second kappa shape index (κ2) is 9.84. The molecule has 1 aromatic carbocycles. The minimum absolute atomic E-state index is 0.297. The van der Waals surface area contributed by atoms with Gasteiger partial charge in [0.2, 0.25) is 8.32 Å². The highest BCUT2D eigenvalue weighted by molar-refractivity contribution is 6.77. The van der Waals surface area contributed by atoms with Gasteiger partial charge in [-0.05, 0) is 79.3 Å². The minimum atomic E-state index is -2.07. The molecule has 33 heavy (non-hydrogen) atoms. The monoisotopic (exact) mass is 469 g/mol. The van der Waals surface area contributed by atoms with Gasteiger partial charge in [0.1, 0.15) is 5.60 Å². The topological polar surface area (TPSA) is 38.8 Å². The standard InChI is InChI=1S/C28H43NO3Si/c1-19(2)33(20(3)4,21(5)6)32-28(7,8)16-14-25-24-13-11-10-12-22(24)18-23-15-17-29(26(23)25)27(30)31-9/h18-21H,10-13,15,17H2,1-9H3. The van der Waals surface area contributed by atoms with Crippen LogP contribution in [0, 0.1) is 11.8 Å². The van der Waals surface area contributed by atoms with E-state index in [1.807, 2.05) is 0 Å². The van der Waals surface area contributed by atoms with E-state index in [0.717, 1.165) is 30.5 Å². The Balaban J connectivity index is 2.09. The van der Waals surface area contributed by atoms with Crippen molar-refractivity contribution in [3.63, 3.8) is 0 Å². The maximum absolute atomic E-state index is 12.5. The number of ether oxygens (including phenoxy) is 1. The minimum Gasteiger partial charge on any atom is -0.452 e. The molecule has 1 amide bonds. The third kappa shape index (κ3) is 4.88. The quantitative estimate of drug-likeness (QED) is 0.344. The van der Waals surface area contributed by atoms with E-state index in [1.54, 1.807) is 4.90 Å². The van der Waals surface area contributed by atoms with Crippen LogP contribution >= 0.6 is 0 Å². The first-order valence-corrected chi connectivity index (χ1v) is 14.8. The first-order chi connectivity index (χ1) is 15.4. The molecule has 0 aromatic heterocycles. The summed E-state index contributed by atoms with van der Waals surface area (Å²) in [5, 5.41) is 0. The first-order valence-electron chi connectivity index (χ1n) is 12.7. The van der Waals surface area contributed by atoms with Crippen molar-refractivity contribution in [2.75, 3.05) is 18.6 Å². The Morgan fingerprint density at radius 2 is 1.61 bits per heavy atom. The number of nitrogens with zero attached hydrogens (tertiary/aromatic N) is 1. The van der Waals surface area contributed by atoms with Crippen LogP contribution in [0.25, 0.3) is 0 Å². The van der Waals surface area contributed by atoms with E-state index in [1.165, 1.54) is 36.6 Å². The van der Waals surface area contributed by atoms with Crippen molar-refractivity contribution in [1.29, 1.82) is 0 Å². The lowest BCUT2D eigenvalue weighted by Crippen LogP contribution is -2.52. The molecule has 0 fully saturated rings. The maximum Gasteiger partial charge on any atom is 0.414 e. The average molecular weight is 470 g/mol. The maximum atomic E-state index is 12.5. The predicted molar refractivity (Wildman–Crippen MR) is 140 cm³/mol. The van der Waals surface area contributed by atoms with Gasteiger partial charge in [0.15, 0.2) is 0 Å². The van der Waals surface area contributed by atoms with Crippen molar-refractivity contribution in [1.82, 2.24) is 0 Å². The van der Waals surface area contributed by atoms with E-state index in [9.17, 15) is 4.79 Å². The van der Waals surface area contributed by atoms with E-state index in [2.05, 4.69) is 73.3 Å². The highest BCUT2D eigenvalue weighted by atomic mass is 28.4. The molecule has 5 heteroatoms. The van der Waals surface area contributed by atoms with Gasteiger partial charge in [-0.1, -0.05) is 59.4 Å². The largest absolute Gasteiger partial charge is 0.452 e. The van der Waals surface area contributed by atoms with E-state index in [-0.39, 0.29) is 6.09 Å². The number of amides is 1. The Bertz CT molecular complexity index is 930. The van der Waals surface area contributed by atoms with Gasteiger partial charge in [0.05, 0.1) is 18.4 Å². The number of hydrogen-bond acceptors (Lipinski definition) is 3. The van der Waals surface area contributed by atoms with Gasteiger partial charge >= 0.3 is 6.09 Å². The molecule has 0 saturated heterocycles. The molecule has 0 spiro atoms. The molecule has 0 N–H and O–H groups in total. The van der Waals surface area contributed by atoms with Crippen LogP contribution in [0.15, 0.2) is 6.07 Å². The van der Waals surface area contributed by atoms with Gasteiger partial charge in [0.25, 0.3) is 0 Å². The van der Waals surface area contributed by atoms with E-state index < -0.39 is 13.9 Å². The fourth-order valence-corrected chi connectivity index (χ4v) is 11.9. The lowest BCUT2D eigenvalue weighted by Gasteiger charge is -2.46. The van der Waals surface area contributed by atoms with Crippen molar-refractivity contribution >= 4 is 20.1 Å². The molecule has 0 atom stereocenters. The second-order valence-corrected chi connectivity index (χ2v) is 16.5. The molecule has 1 aliphatic heterocycles. The number of hydrogen-bond donors (Lipinski definition) is 0. The van der Waals surface area contributed by atoms with Crippen molar-refractivity contribution in [3.8, 4) is 11.8 Å². The summed E-state index contributed by atoms with van der Waals surface area (Å²) in [6, 6.07) is 2.31. The number of fused-ring (bicyclic) bond motifs is 2. The number of anilines is 1. The smallest absolute Gasteiger partial charge is 0.414 e. The summed E-state index contributed by atoms with van der Waals surface area (Å²) in [6.45, 7) is 18.7. The predicted octanol–water partition coefficient (Wildman–Crippen LogP) is 7.02. The molecule has 3 rings (SSSR count). The van der Waals surface area contributed by atoms with Crippen LogP contribution in [0.5, 0.6) is 0 Å². The van der Waals surface area contributed by atoms with E-state index >= 15 is 0 Å². The SMILES string of the molecule is COC(=O)N1CCc2cc3c(c(C#CC(C)(C)O[Si](C(C)C)(C(C)C)C(C)C)c21)CCCC3. The molecule has 2 aliphatic rings. The van der Waals surface area contributed by atoms with Crippen LogP contribution in [-0.2, 0) is 28.4 Å². The van der Waals surface area contributed by atoms with Crippen LogP contribution in [0.4, 0.5) is 10.5 Å². The molecule has 0 saturated carbocycles. The van der Waals surface area contributed by atoms with Gasteiger partial charge in [-0.2, -0.15) is 0 Å². The summed E-state index contributed by atoms with van der Waals surface area (Å²) in [5.74, 6) is 7.10. The van der Waals surface area contributed by atoms with Crippen LogP contribution in [-0.4, -0.2) is 33.7 Å². The number of benzene rings is 1. The lowest BCUT2D eigenvalue weighted by molar-refractivity contribution is 0.144. The number of methoxy groups -OCH3 is 1. The Kier molecular flexibility index (Phi) is 7.71. The van der Waals surface area contributed by atoms with Gasteiger partial charge in [-0.3, -0.25) is 4.90 Å². The van der Waals surface area contributed by atoms with Gasteiger partial charge < -0.3 is 9.16 Å². The summed E-state index contributed by atoms with van der Waals surface area (Å²) in [7, 11) is -0.621. The highest BCUT2D eigenvalue weighted by Gasteiger charge is 2.48. The summed E-state index contributed by atoms with van der Waals surface area (Å²) in [5.41, 5.74) is 6.87. The third-order valence-corrected chi connectivity index (χ3v) is 13.9. The molecule has 0 bridgehead atoms. The summed E-state index contributed by atoms with van der Waals surface area (Å²) in [6.07, 6.45) is 5.07. The van der Waals surface area contributed by atoms with E-state index in [4.69, 9.17) is 9.16 Å². The van der Waals surface area contributed by atoms with Crippen LogP contribution in [0.1, 0.15) is 90.5 Å². The molecule has 0 radical (unpaired) electrons. The molecule has 1 heterocycles. The summed E-state index contributed by atoms with van der Waals surface area (Å²) < 4.78 is 12.2. The molecular weight excluding hydrogens is 426 g/mol. The molecular formula is C28H43NO3Si. The lowest BCUT2D eigenvalue weighted by atomic mass is 9.85. The molecule has 182 valence electrons. The molecule has 4 nitrogen and oxygen atoms in total. The number of carbonyl (C=O) groups is 1. The fraction of sp³-hybridized carbons (Fsp3) is 0.679. The molecule has 0 unspecified atom stereocenters. The highest BCUT2D eigenvalue weighted by Crippen LogP contribution is 2.45. The molecule has 1 aliphatic carbocycles. The Morgan fingerprint density at radius 1 is 1.00 bits per heavy atom. The van der Waals surface area contributed by atoms with E-state index in [0.29, 0.717) is 23.2 Å². The number of carbonyl (C=O) groups excluding carboxylic acids is 1. The van der Waals surface area contributed by atoms with Gasteiger partial charge in [-0.15, -0.1) is 0 Å². The average Bonchev–Trinajstić information content (AvgIpc) is 3.17. The zero-order valence-electron chi connectivity index (χ0n) is 22.2. The second-order valence-electron chi connectivity index (χ2n) is 11.2. The van der Waals surface area contributed by atoms with Crippen LogP contribution < -0.4 is 4.90 Å². The molecule has 1 aromatic rings. The normalized spacial score (nSPS) is 16.1. The van der Waals surface area contributed by atoms with Crippen molar-refractivity contribution in [3.05, 3.63) is 28.3 Å². The number of aryl methyl sites for hydroxylation is 1. The Morgan fingerprint density at radius 3 is 2.18 bits per heavy atom. The zero-order chi connectivity index (χ0) is 24.6. The van der Waals surface area contributed by atoms with Crippen LogP contribution in [0.3, 0.4) is 0 Å². The van der Waals surface area contributed by atoms with Crippen molar-refractivity contribution < 1.29 is 14.0 Å². The Labute approximate surface area is 202 Å². The number of rotatable bonds is 5. The first kappa shape index (κ1) is 25.8. The van der Waals surface area contributed by atoms with Gasteiger partial charge in [0, 0.05) is 6.54 Å². The zero-order valence-corrected chi connectivity index (χ0v) is 23.2. The van der Waals surface area contributed by atoms with Gasteiger partial charge in [-0.25, -0.2) is 4.79 Å². The van der Waals surface area contributed by atoms with Crippen molar-refractivity contribution in [2.24, 2.45) is 0 Å². The fourth-order valence-electron chi connectivity index (χ4n) is 6.26. The van der Waals surface area contributed by atoms with Crippen LogP contribution in [0.2, 0.25) is 16.6 Å². The third-order valence-electron chi connectivity index (χ3n) is 7.60. The Hall–Kier alpha value is -1.77. The summed E-state index contributed by atoms with van der Waals surface area (Å²) in [4.78, 5) is 14.3. The summed E-state index contributed by atoms with van der Waals surface area (Å²) >= 11 is 0. The van der Waals surface area contributed by atoms with Crippen molar-refractivity contribution in [2.45, 2.75) is 110 Å².